The Morgan fingerprint density at radius 2 is 1.67 bits per heavy atom. The van der Waals surface area contributed by atoms with Gasteiger partial charge in [-0.1, -0.05) is 12.1 Å². The average Bonchev–Trinajstić information content (AvgIpc) is 3.52. The highest BCUT2D eigenvalue weighted by molar-refractivity contribution is 5.96. The zero-order valence-electron chi connectivity index (χ0n) is 15.5. The van der Waals surface area contributed by atoms with Crippen LogP contribution in [0, 0.1) is 0 Å². The molecule has 1 saturated carbocycles. The molecule has 27 heavy (non-hydrogen) atoms. The minimum absolute atomic E-state index is 0.0744. The zero-order chi connectivity index (χ0) is 18.8. The number of hydrogen-bond donors (Lipinski definition) is 1. The van der Waals surface area contributed by atoms with Crippen molar-refractivity contribution in [1.29, 1.82) is 0 Å². The van der Waals surface area contributed by atoms with Gasteiger partial charge in [-0.05, 0) is 43.7 Å². The lowest BCUT2D eigenvalue weighted by Gasteiger charge is -2.32. The number of pyridine rings is 1. The number of aromatic nitrogens is 1. The number of carbonyl (C=O) groups is 2. The third-order valence-corrected chi connectivity index (χ3v) is 5.17. The van der Waals surface area contributed by atoms with E-state index in [1.807, 2.05) is 35.2 Å². The van der Waals surface area contributed by atoms with E-state index in [2.05, 4.69) is 22.2 Å². The normalized spacial score (nSPS) is 17.6. The molecule has 140 valence electrons. The molecule has 6 nitrogen and oxygen atoms in total. The van der Waals surface area contributed by atoms with Gasteiger partial charge in [0, 0.05) is 55.7 Å². The fraction of sp³-hybridized carbons (Fsp3) is 0.381. The van der Waals surface area contributed by atoms with Crippen LogP contribution in [0.1, 0.15) is 33.6 Å². The van der Waals surface area contributed by atoms with Crippen LogP contribution >= 0.6 is 0 Å². The standard InChI is InChI=1S/C21H24N4O2/c1-24-8-10-25(11-9-24)21(27)16-4-2-15(3-5-16)17-12-18(14-22-13-17)20(26)23-19-6-7-19/h2-5,12-14,19H,6-11H2,1H3,(H,23,26). The molecule has 0 atom stereocenters. The SMILES string of the molecule is CN1CCN(C(=O)c2ccc(-c3cncc(C(=O)NC4CC4)c3)cc2)CC1. The Hall–Kier alpha value is -2.73. The van der Waals surface area contributed by atoms with E-state index in [4.69, 9.17) is 0 Å². The summed E-state index contributed by atoms with van der Waals surface area (Å²) in [7, 11) is 2.07. The monoisotopic (exact) mass is 364 g/mol. The summed E-state index contributed by atoms with van der Waals surface area (Å²) in [6, 6.07) is 9.72. The highest BCUT2D eigenvalue weighted by Crippen LogP contribution is 2.22. The number of rotatable bonds is 4. The lowest BCUT2D eigenvalue weighted by atomic mass is 10.0. The van der Waals surface area contributed by atoms with Gasteiger partial charge in [-0.25, -0.2) is 0 Å². The molecule has 0 bridgehead atoms. The van der Waals surface area contributed by atoms with Crippen molar-refractivity contribution < 1.29 is 9.59 Å². The van der Waals surface area contributed by atoms with Gasteiger partial charge in [-0.15, -0.1) is 0 Å². The van der Waals surface area contributed by atoms with Crippen molar-refractivity contribution in [1.82, 2.24) is 20.1 Å². The second-order valence-electron chi connectivity index (χ2n) is 7.38. The lowest BCUT2D eigenvalue weighted by Crippen LogP contribution is -2.47. The van der Waals surface area contributed by atoms with Crippen LogP contribution in [-0.2, 0) is 0 Å². The highest BCUT2D eigenvalue weighted by atomic mass is 16.2. The molecule has 1 aromatic heterocycles. The van der Waals surface area contributed by atoms with Crippen molar-refractivity contribution >= 4 is 11.8 Å². The summed E-state index contributed by atoms with van der Waals surface area (Å²) in [6.07, 6.45) is 5.45. The van der Waals surface area contributed by atoms with Crippen LogP contribution < -0.4 is 5.32 Å². The predicted octanol–water partition coefficient (Wildman–Crippen LogP) is 2.03. The van der Waals surface area contributed by atoms with E-state index in [0.717, 1.165) is 50.1 Å². The average molecular weight is 364 g/mol. The van der Waals surface area contributed by atoms with Crippen LogP contribution in [-0.4, -0.2) is 65.9 Å². The first-order chi connectivity index (χ1) is 13.1. The fourth-order valence-corrected chi connectivity index (χ4v) is 3.22. The Morgan fingerprint density at radius 3 is 2.33 bits per heavy atom. The minimum atomic E-state index is -0.0753. The molecule has 0 spiro atoms. The number of piperazine rings is 1. The van der Waals surface area contributed by atoms with Gasteiger partial charge in [0.25, 0.3) is 11.8 Å². The molecule has 2 aliphatic rings. The smallest absolute Gasteiger partial charge is 0.253 e. The summed E-state index contributed by atoms with van der Waals surface area (Å²) in [4.78, 5) is 33.2. The molecular weight excluding hydrogens is 340 g/mol. The summed E-state index contributed by atoms with van der Waals surface area (Å²) in [5, 5.41) is 2.98. The van der Waals surface area contributed by atoms with E-state index >= 15 is 0 Å². The summed E-state index contributed by atoms with van der Waals surface area (Å²) in [5.74, 6) is -0.000878. The largest absolute Gasteiger partial charge is 0.349 e. The van der Waals surface area contributed by atoms with Crippen LogP contribution in [0.2, 0.25) is 0 Å². The summed E-state index contributed by atoms with van der Waals surface area (Å²) in [5.41, 5.74) is 3.08. The number of carbonyl (C=O) groups excluding carboxylic acids is 2. The third kappa shape index (κ3) is 4.17. The van der Waals surface area contributed by atoms with Gasteiger partial charge >= 0.3 is 0 Å². The number of likely N-dealkylation sites (N-methyl/N-ethyl adjacent to an activating group) is 1. The summed E-state index contributed by atoms with van der Waals surface area (Å²) in [6.45, 7) is 3.34. The molecule has 0 unspecified atom stereocenters. The topological polar surface area (TPSA) is 65.5 Å². The molecule has 1 aliphatic heterocycles. The van der Waals surface area contributed by atoms with Crippen molar-refractivity contribution in [3.8, 4) is 11.1 Å². The molecular formula is C21H24N4O2. The van der Waals surface area contributed by atoms with E-state index in [1.165, 1.54) is 0 Å². The third-order valence-electron chi connectivity index (χ3n) is 5.17. The van der Waals surface area contributed by atoms with Crippen molar-refractivity contribution in [3.63, 3.8) is 0 Å². The highest BCUT2D eigenvalue weighted by Gasteiger charge is 2.24. The van der Waals surface area contributed by atoms with Gasteiger partial charge in [0.1, 0.15) is 0 Å². The molecule has 4 rings (SSSR count). The van der Waals surface area contributed by atoms with Crippen molar-refractivity contribution in [2.24, 2.45) is 0 Å². The van der Waals surface area contributed by atoms with Gasteiger partial charge in [-0.3, -0.25) is 14.6 Å². The van der Waals surface area contributed by atoms with Crippen LogP contribution in [0.25, 0.3) is 11.1 Å². The van der Waals surface area contributed by atoms with E-state index < -0.39 is 0 Å². The fourth-order valence-electron chi connectivity index (χ4n) is 3.22. The predicted molar refractivity (Wildman–Crippen MR) is 104 cm³/mol. The molecule has 1 aliphatic carbocycles. The molecule has 1 aromatic carbocycles. The van der Waals surface area contributed by atoms with Crippen molar-refractivity contribution in [3.05, 3.63) is 53.9 Å². The van der Waals surface area contributed by atoms with Crippen molar-refractivity contribution in [2.45, 2.75) is 18.9 Å². The van der Waals surface area contributed by atoms with E-state index in [0.29, 0.717) is 17.2 Å². The maximum atomic E-state index is 12.6. The van der Waals surface area contributed by atoms with Crippen LogP contribution in [0.15, 0.2) is 42.7 Å². The summed E-state index contributed by atoms with van der Waals surface area (Å²) < 4.78 is 0. The molecule has 2 fully saturated rings. The molecule has 0 radical (unpaired) electrons. The lowest BCUT2D eigenvalue weighted by molar-refractivity contribution is 0.0664. The quantitative estimate of drug-likeness (QED) is 0.902. The Kier molecular flexibility index (Phi) is 4.90. The summed E-state index contributed by atoms with van der Waals surface area (Å²) >= 11 is 0. The molecule has 1 N–H and O–H groups in total. The Balaban J connectivity index is 1.47. The maximum Gasteiger partial charge on any atom is 0.253 e. The molecule has 2 heterocycles. The Bertz CT molecular complexity index is 838. The number of amides is 2. The number of nitrogens with one attached hydrogen (secondary N) is 1. The first kappa shape index (κ1) is 17.7. The van der Waals surface area contributed by atoms with E-state index in [1.54, 1.807) is 12.4 Å². The zero-order valence-corrected chi connectivity index (χ0v) is 15.5. The molecule has 2 aromatic rings. The van der Waals surface area contributed by atoms with Gasteiger partial charge in [0.2, 0.25) is 0 Å². The second-order valence-corrected chi connectivity index (χ2v) is 7.38. The number of nitrogens with zero attached hydrogens (tertiary/aromatic N) is 3. The van der Waals surface area contributed by atoms with Gasteiger partial charge in [0.15, 0.2) is 0 Å². The Labute approximate surface area is 159 Å². The van der Waals surface area contributed by atoms with E-state index in [-0.39, 0.29) is 11.8 Å². The maximum absolute atomic E-state index is 12.6. The second kappa shape index (κ2) is 7.48. The van der Waals surface area contributed by atoms with Crippen LogP contribution in [0.3, 0.4) is 0 Å². The van der Waals surface area contributed by atoms with E-state index in [9.17, 15) is 9.59 Å². The first-order valence-electron chi connectivity index (χ1n) is 9.44. The first-order valence-corrected chi connectivity index (χ1v) is 9.44. The van der Waals surface area contributed by atoms with Crippen molar-refractivity contribution in [2.75, 3.05) is 33.2 Å². The Morgan fingerprint density at radius 1 is 0.963 bits per heavy atom. The minimum Gasteiger partial charge on any atom is -0.349 e. The van der Waals surface area contributed by atoms with Gasteiger partial charge < -0.3 is 15.1 Å². The van der Waals surface area contributed by atoms with Crippen LogP contribution in [0.5, 0.6) is 0 Å². The van der Waals surface area contributed by atoms with Crippen LogP contribution in [0.4, 0.5) is 0 Å². The number of hydrogen-bond acceptors (Lipinski definition) is 4. The molecule has 6 heteroatoms. The molecule has 2 amide bonds. The van der Waals surface area contributed by atoms with Gasteiger partial charge in [-0.2, -0.15) is 0 Å². The molecule has 1 saturated heterocycles. The number of benzene rings is 1. The van der Waals surface area contributed by atoms with Gasteiger partial charge in [0.05, 0.1) is 5.56 Å².